The van der Waals surface area contributed by atoms with Gasteiger partial charge in [0, 0.05) is 6.54 Å². The van der Waals surface area contributed by atoms with Crippen molar-refractivity contribution in [3.63, 3.8) is 0 Å². The minimum Gasteiger partial charge on any atom is -0.480 e. The third-order valence-corrected chi connectivity index (χ3v) is 2.94. The predicted molar refractivity (Wildman–Crippen MR) is 50.8 cm³/mol. The van der Waals surface area contributed by atoms with Crippen LogP contribution in [0.4, 0.5) is 13.2 Å². The van der Waals surface area contributed by atoms with Gasteiger partial charge in [-0.1, -0.05) is 0 Å². The number of aliphatic carboxylic acids is 1. The molecule has 1 fully saturated rings. The fraction of sp³-hybridized carbons (Fsp3) is 0.889. The first-order chi connectivity index (χ1) is 7.36. The van der Waals surface area contributed by atoms with Gasteiger partial charge in [-0.3, -0.25) is 9.69 Å². The molecule has 0 amide bonds. The molecule has 1 rings (SSSR count). The maximum atomic E-state index is 12.4. The van der Waals surface area contributed by atoms with E-state index in [2.05, 4.69) is 0 Å². The SMILES string of the molecule is NCC(C(=O)O)N1CCC(C(F)(F)F)CC1. The maximum absolute atomic E-state index is 12.4. The van der Waals surface area contributed by atoms with E-state index in [1.807, 2.05) is 0 Å². The number of alkyl halides is 3. The lowest BCUT2D eigenvalue weighted by Gasteiger charge is -2.35. The van der Waals surface area contributed by atoms with E-state index in [0.717, 1.165) is 0 Å². The summed E-state index contributed by atoms with van der Waals surface area (Å²) in [4.78, 5) is 12.3. The Kier molecular flexibility index (Phi) is 4.15. The molecule has 0 saturated carbocycles. The van der Waals surface area contributed by atoms with Crippen LogP contribution in [0, 0.1) is 5.92 Å². The number of carbonyl (C=O) groups is 1. The summed E-state index contributed by atoms with van der Waals surface area (Å²) >= 11 is 0. The summed E-state index contributed by atoms with van der Waals surface area (Å²) in [7, 11) is 0. The van der Waals surface area contributed by atoms with Crippen LogP contribution in [0.2, 0.25) is 0 Å². The molecule has 1 unspecified atom stereocenters. The van der Waals surface area contributed by atoms with E-state index >= 15 is 0 Å². The van der Waals surface area contributed by atoms with E-state index < -0.39 is 24.1 Å². The van der Waals surface area contributed by atoms with Crippen molar-refractivity contribution in [2.75, 3.05) is 19.6 Å². The highest BCUT2D eigenvalue weighted by molar-refractivity contribution is 5.73. The van der Waals surface area contributed by atoms with Gasteiger partial charge < -0.3 is 10.8 Å². The predicted octanol–water partition coefficient (Wildman–Crippen LogP) is 0.673. The molecule has 0 radical (unpaired) electrons. The third-order valence-electron chi connectivity index (χ3n) is 2.94. The van der Waals surface area contributed by atoms with Crippen LogP contribution >= 0.6 is 0 Å². The molecule has 16 heavy (non-hydrogen) atoms. The van der Waals surface area contributed by atoms with Gasteiger partial charge in [-0.25, -0.2) is 0 Å². The van der Waals surface area contributed by atoms with E-state index in [0.29, 0.717) is 0 Å². The van der Waals surface area contributed by atoms with Crippen molar-refractivity contribution in [2.45, 2.75) is 25.1 Å². The number of carboxylic acids is 1. The summed E-state index contributed by atoms with van der Waals surface area (Å²) in [5.74, 6) is -2.39. The molecule has 3 N–H and O–H groups in total. The first-order valence-corrected chi connectivity index (χ1v) is 5.10. The third kappa shape index (κ3) is 3.08. The van der Waals surface area contributed by atoms with Gasteiger partial charge in [-0.15, -0.1) is 0 Å². The molecular formula is C9H15F3N2O2. The molecule has 1 saturated heterocycles. The average Bonchev–Trinajstić information content (AvgIpc) is 2.17. The molecule has 0 aromatic carbocycles. The van der Waals surface area contributed by atoms with Gasteiger partial charge in [-0.2, -0.15) is 13.2 Å². The van der Waals surface area contributed by atoms with Crippen LogP contribution in [0.5, 0.6) is 0 Å². The smallest absolute Gasteiger partial charge is 0.391 e. The summed E-state index contributed by atoms with van der Waals surface area (Å²) < 4.78 is 37.1. The molecule has 1 heterocycles. The average molecular weight is 240 g/mol. The Morgan fingerprint density at radius 1 is 1.44 bits per heavy atom. The zero-order valence-electron chi connectivity index (χ0n) is 8.70. The molecule has 0 spiro atoms. The largest absolute Gasteiger partial charge is 0.480 e. The van der Waals surface area contributed by atoms with Crippen molar-refractivity contribution in [3.05, 3.63) is 0 Å². The van der Waals surface area contributed by atoms with Crippen molar-refractivity contribution in [3.8, 4) is 0 Å². The Hall–Kier alpha value is -0.820. The molecule has 0 aliphatic carbocycles. The summed E-state index contributed by atoms with van der Waals surface area (Å²) in [6.07, 6.45) is -4.27. The van der Waals surface area contributed by atoms with Gasteiger partial charge in [0.2, 0.25) is 0 Å². The van der Waals surface area contributed by atoms with Crippen LogP contribution in [0.3, 0.4) is 0 Å². The lowest BCUT2D eigenvalue weighted by Crippen LogP contribution is -2.50. The molecule has 4 nitrogen and oxygen atoms in total. The van der Waals surface area contributed by atoms with Crippen molar-refractivity contribution < 1.29 is 23.1 Å². The number of halogens is 3. The van der Waals surface area contributed by atoms with E-state index in [1.54, 1.807) is 0 Å². The van der Waals surface area contributed by atoms with Gasteiger partial charge in [0.25, 0.3) is 0 Å². The van der Waals surface area contributed by atoms with Crippen molar-refractivity contribution in [1.82, 2.24) is 4.90 Å². The van der Waals surface area contributed by atoms with Gasteiger partial charge in [-0.05, 0) is 25.9 Å². The second kappa shape index (κ2) is 5.01. The number of carboxylic acid groups (broad SMARTS) is 1. The molecule has 0 aromatic rings. The van der Waals surface area contributed by atoms with Gasteiger partial charge in [0.15, 0.2) is 0 Å². The Bertz CT molecular complexity index is 250. The monoisotopic (exact) mass is 240 g/mol. The Labute approximate surface area is 91.2 Å². The normalized spacial score (nSPS) is 22.0. The van der Waals surface area contributed by atoms with Gasteiger partial charge in [0.1, 0.15) is 6.04 Å². The van der Waals surface area contributed by atoms with Crippen molar-refractivity contribution in [1.29, 1.82) is 0 Å². The van der Waals surface area contributed by atoms with E-state index in [9.17, 15) is 18.0 Å². The maximum Gasteiger partial charge on any atom is 0.391 e. The van der Waals surface area contributed by atoms with Gasteiger partial charge >= 0.3 is 12.1 Å². The fourth-order valence-corrected chi connectivity index (χ4v) is 1.94. The van der Waals surface area contributed by atoms with Crippen molar-refractivity contribution >= 4 is 5.97 Å². The number of piperidine rings is 1. The zero-order valence-corrected chi connectivity index (χ0v) is 8.70. The molecule has 94 valence electrons. The molecule has 1 atom stereocenters. The zero-order chi connectivity index (χ0) is 12.3. The second-order valence-corrected chi connectivity index (χ2v) is 3.94. The summed E-state index contributed by atoms with van der Waals surface area (Å²) in [6.45, 7) is 0.197. The lowest BCUT2D eigenvalue weighted by molar-refractivity contribution is -0.186. The van der Waals surface area contributed by atoms with E-state index in [1.165, 1.54) is 4.90 Å². The molecule has 1 aliphatic rings. The minimum atomic E-state index is -4.17. The van der Waals surface area contributed by atoms with Crippen LogP contribution in [0.1, 0.15) is 12.8 Å². The molecule has 0 bridgehead atoms. The second-order valence-electron chi connectivity index (χ2n) is 3.94. The number of likely N-dealkylation sites (tertiary alicyclic amines) is 1. The highest BCUT2D eigenvalue weighted by Gasteiger charge is 2.42. The van der Waals surface area contributed by atoms with Crippen LogP contribution in [-0.2, 0) is 4.79 Å². The summed E-state index contributed by atoms with van der Waals surface area (Å²) in [5, 5.41) is 8.81. The van der Waals surface area contributed by atoms with Crippen molar-refractivity contribution in [2.24, 2.45) is 11.7 Å². The lowest BCUT2D eigenvalue weighted by atomic mass is 9.95. The molecule has 7 heteroatoms. The Morgan fingerprint density at radius 2 is 1.94 bits per heavy atom. The number of nitrogens with zero attached hydrogens (tertiary/aromatic N) is 1. The Morgan fingerprint density at radius 3 is 2.25 bits per heavy atom. The highest BCUT2D eigenvalue weighted by atomic mass is 19.4. The number of hydrogen-bond acceptors (Lipinski definition) is 3. The van der Waals surface area contributed by atoms with Crippen LogP contribution < -0.4 is 5.73 Å². The van der Waals surface area contributed by atoms with E-state index in [-0.39, 0.29) is 32.5 Å². The first kappa shape index (κ1) is 13.2. The van der Waals surface area contributed by atoms with Crippen LogP contribution in [0.15, 0.2) is 0 Å². The number of nitrogens with two attached hydrogens (primary N) is 1. The highest BCUT2D eigenvalue weighted by Crippen LogP contribution is 2.34. The summed E-state index contributed by atoms with van der Waals surface area (Å²) in [6, 6.07) is -0.866. The summed E-state index contributed by atoms with van der Waals surface area (Å²) in [5.41, 5.74) is 5.28. The number of hydrogen-bond donors (Lipinski definition) is 2. The van der Waals surface area contributed by atoms with Crippen LogP contribution in [-0.4, -0.2) is 47.8 Å². The standard InChI is InChI=1S/C9H15F3N2O2/c10-9(11,12)6-1-3-14(4-2-6)7(5-13)8(15)16/h6-7H,1-5,13H2,(H,15,16). The van der Waals surface area contributed by atoms with Gasteiger partial charge in [0.05, 0.1) is 5.92 Å². The topological polar surface area (TPSA) is 66.6 Å². The quantitative estimate of drug-likeness (QED) is 0.761. The Balaban J connectivity index is 2.51. The van der Waals surface area contributed by atoms with Crippen LogP contribution in [0.25, 0.3) is 0 Å². The van der Waals surface area contributed by atoms with E-state index in [4.69, 9.17) is 10.8 Å². The molecule has 1 aliphatic heterocycles. The minimum absolute atomic E-state index is 0.0483. The first-order valence-electron chi connectivity index (χ1n) is 5.10. The fourth-order valence-electron chi connectivity index (χ4n) is 1.94. The number of rotatable bonds is 3. The molecule has 0 aromatic heterocycles. The molecular weight excluding hydrogens is 225 g/mol.